The average Bonchev–Trinajstić information content (AvgIpc) is 3.15. The first-order valence-corrected chi connectivity index (χ1v) is 11.8. The van der Waals surface area contributed by atoms with Crippen molar-refractivity contribution >= 4 is 35.3 Å². The second kappa shape index (κ2) is 9.38. The third-order valence-corrected chi connectivity index (χ3v) is 6.48. The number of hydrogen-bond donors (Lipinski definition) is 1. The zero-order valence-corrected chi connectivity index (χ0v) is 20.0. The van der Waals surface area contributed by atoms with E-state index in [9.17, 15) is 4.79 Å². The highest BCUT2D eigenvalue weighted by atomic mass is 35.5. The predicted molar refractivity (Wildman–Crippen MR) is 128 cm³/mol. The van der Waals surface area contributed by atoms with Gasteiger partial charge in [0.25, 0.3) is 0 Å². The number of allylic oxidation sites excluding steroid dienone is 1. The van der Waals surface area contributed by atoms with Gasteiger partial charge >= 0.3 is 5.97 Å². The average molecular weight is 469 g/mol. The van der Waals surface area contributed by atoms with Gasteiger partial charge in [0.2, 0.25) is 11.1 Å². The molecular weight excluding hydrogens is 444 g/mol. The van der Waals surface area contributed by atoms with Gasteiger partial charge in [-0.3, -0.25) is 0 Å². The number of aromatic nitrogens is 3. The van der Waals surface area contributed by atoms with E-state index in [1.165, 1.54) is 16.7 Å². The van der Waals surface area contributed by atoms with Crippen LogP contribution in [0.5, 0.6) is 0 Å². The molecule has 0 unspecified atom stereocenters. The Morgan fingerprint density at radius 3 is 2.78 bits per heavy atom. The van der Waals surface area contributed by atoms with Crippen LogP contribution in [0.3, 0.4) is 0 Å². The Kier molecular flexibility index (Phi) is 6.58. The number of nitrogens with one attached hydrogen (secondary N) is 1. The summed E-state index contributed by atoms with van der Waals surface area (Å²) in [5.74, 6) is 0.966. The Hall–Kier alpha value is -2.77. The molecule has 2 heterocycles. The van der Waals surface area contributed by atoms with Gasteiger partial charge in [0.15, 0.2) is 0 Å². The van der Waals surface area contributed by atoms with Gasteiger partial charge in [-0.05, 0) is 56.5 Å². The van der Waals surface area contributed by atoms with Gasteiger partial charge in [0.05, 0.1) is 12.2 Å². The molecule has 166 valence electrons. The van der Waals surface area contributed by atoms with E-state index in [-0.39, 0.29) is 5.97 Å². The summed E-state index contributed by atoms with van der Waals surface area (Å²) >= 11 is 7.84. The van der Waals surface area contributed by atoms with Crippen molar-refractivity contribution in [2.45, 2.75) is 44.6 Å². The maximum Gasteiger partial charge on any atom is 0.338 e. The van der Waals surface area contributed by atoms with Crippen molar-refractivity contribution in [3.63, 3.8) is 0 Å². The monoisotopic (exact) mass is 468 g/mol. The number of carbonyl (C=O) groups excluding carboxylic acids is 1. The quantitative estimate of drug-likeness (QED) is 0.370. The van der Waals surface area contributed by atoms with Crippen molar-refractivity contribution in [1.29, 1.82) is 0 Å². The van der Waals surface area contributed by atoms with Gasteiger partial charge in [-0.15, -0.1) is 5.10 Å². The van der Waals surface area contributed by atoms with Gasteiger partial charge in [-0.2, -0.15) is 4.98 Å². The Labute approximate surface area is 197 Å². The van der Waals surface area contributed by atoms with Crippen molar-refractivity contribution < 1.29 is 9.53 Å². The van der Waals surface area contributed by atoms with E-state index >= 15 is 0 Å². The number of carbonyl (C=O) groups is 1. The van der Waals surface area contributed by atoms with E-state index in [4.69, 9.17) is 26.4 Å². The molecule has 1 aliphatic heterocycles. The van der Waals surface area contributed by atoms with Gasteiger partial charge < -0.3 is 10.1 Å². The zero-order chi connectivity index (χ0) is 22.8. The van der Waals surface area contributed by atoms with Gasteiger partial charge in [-0.1, -0.05) is 59.3 Å². The van der Waals surface area contributed by atoms with Crippen molar-refractivity contribution in [1.82, 2.24) is 14.8 Å². The largest absolute Gasteiger partial charge is 0.463 e. The van der Waals surface area contributed by atoms with E-state index in [1.807, 2.05) is 25.1 Å². The first-order valence-electron chi connectivity index (χ1n) is 10.4. The number of benzene rings is 2. The number of thioether (sulfide) groups is 1. The first kappa shape index (κ1) is 22.4. The highest BCUT2D eigenvalue weighted by Crippen LogP contribution is 2.37. The number of fused-ring (bicyclic) bond motifs is 1. The summed E-state index contributed by atoms with van der Waals surface area (Å²) in [5.41, 5.74) is 5.76. The Morgan fingerprint density at radius 1 is 1.22 bits per heavy atom. The summed E-state index contributed by atoms with van der Waals surface area (Å²) in [4.78, 5) is 17.5. The Morgan fingerprint density at radius 2 is 2.03 bits per heavy atom. The molecule has 2 aromatic carbocycles. The molecule has 0 fully saturated rings. The minimum Gasteiger partial charge on any atom is -0.463 e. The Bertz CT molecular complexity index is 1200. The van der Waals surface area contributed by atoms with Crippen LogP contribution in [-0.2, 0) is 15.3 Å². The van der Waals surface area contributed by atoms with Crippen molar-refractivity contribution in [2.24, 2.45) is 0 Å². The summed E-state index contributed by atoms with van der Waals surface area (Å²) in [6.45, 7) is 8.13. The lowest BCUT2D eigenvalue weighted by Crippen LogP contribution is -2.29. The van der Waals surface area contributed by atoms with Crippen LogP contribution in [0.15, 0.2) is 58.9 Å². The van der Waals surface area contributed by atoms with Crippen LogP contribution in [0.1, 0.15) is 42.1 Å². The number of halogens is 1. The predicted octanol–water partition coefficient (Wildman–Crippen LogP) is 5.69. The Balaban J connectivity index is 1.70. The van der Waals surface area contributed by atoms with Crippen LogP contribution in [0.2, 0.25) is 5.02 Å². The number of ether oxygens (including phenoxy) is 1. The molecule has 1 aromatic heterocycles. The second-order valence-corrected chi connectivity index (χ2v) is 9.10. The molecule has 0 bridgehead atoms. The van der Waals surface area contributed by atoms with E-state index in [1.54, 1.807) is 29.4 Å². The highest BCUT2D eigenvalue weighted by molar-refractivity contribution is 7.98. The van der Waals surface area contributed by atoms with Crippen LogP contribution in [0.25, 0.3) is 0 Å². The molecule has 1 N–H and O–H groups in total. The SMILES string of the molecule is CCOC(=O)C1=C(C)Nc2nc(SCc3cc(C)ccc3C)nn2[C@H]1c1cccc(Cl)c1. The number of rotatable bonds is 6. The minimum atomic E-state index is -0.480. The van der Waals surface area contributed by atoms with Gasteiger partial charge in [0.1, 0.15) is 6.04 Å². The summed E-state index contributed by atoms with van der Waals surface area (Å²) in [6, 6.07) is 13.4. The lowest BCUT2D eigenvalue weighted by Gasteiger charge is -2.28. The number of esters is 1. The summed E-state index contributed by atoms with van der Waals surface area (Å²) in [6.07, 6.45) is 0. The van der Waals surface area contributed by atoms with E-state index in [0.29, 0.717) is 34.0 Å². The van der Waals surface area contributed by atoms with Crippen molar-refractivity contribution in [3.8, 4) is 0 Å². The van der Waals surface area contributed by atoms with E-state index < -0.39 is 6.04 Å². The lowest BCUT2D eigenvalue weighted by molar-refractivity contribution is -0.139. The number of aryl methyl sites for hydroxylation is 2. The summed E-state index contributed by atoms with van der Waals surface area (Å²) < 4.78 is 7.10. The maximum absolute atomic E-state index is 12.9. The molecule has 6 nitrogen and oxygen atoms in total. The zero-order valence-electron chi connectivity index (χ0n) is 18.5. The first-order chi connectivity index (χ1) is 15.4. The minimum absolute atomic E-state index is 0.291. The fourth-order valence-electron chi connectivity index (χ4n) is 3.75. The molecule has 0 amide bonds. The lowest BCUT2D eigenvalue weighted by atomic mass is 9.96. The van der Waals surface area contributed by atoms with E-state index in [2.05, 4.69) is 37.4 Å². The molecule has 3 aromatic rings. The fraction of sp³-hybridized carbons (Fsp3) is 0.292. The highest BCUT2D eigenvalue weighted by Gasteiger charge is 2.35. The molecule has 1 atom stereocenters. The van der Waals surface area contributed by atoms with Gasteiger partial charge in [-0.25, -0.2) is 9.48 Å². The van der Waals surface area contributed by atoms with Crippen LogP contribution in [-0.4, -0.2) is 27.3 Å². The topological polar surface area (TPSA) is 69.0 Å². The number of hydrogen-bond acceptors (Lipinski definition) is 6. The molecular formula is C24H25ClN4O2S. The maximum atomic E-state index is 12.9. The summed E-state index contributed by atoms with van der Waals surface area (Å²) in [7, 11) is 0. The standard InChI is InChI=1S/C24H25ClN4O2S/c1-5-31-22(30)20-16(4)26-23-27-24(32-13-18-11-14(2)9-10-15(18)3)28-29(23)21(20)17-7-6-8-19(25)12-17/h6-12,21H,5,13H2,1-4H3,(H,26,27,28)/t21-/m0/s1. The van der Waals surface area contributed by atoms with E-state index in [0.717, 1.165) is 11.3 Å². The molecule has 0 saturated carbocycles. The molecule has 4 rings (SSSR count). The third kappa shape index (κ3) is 4.54. The molecule has 0 spiro atoms. The van der Waals surface area contributed by atoms with Gasteiger partial charge in [0, 0.05) is 16.5 Å². The van der Waals surface area contributed by atoms with Crippen LogP contribution < -0.4 is 5.32 Å². The smallest absolute Gasteiger partial charge is 0.338 e. The number of nitrogens with zero attached hydrogens (tertiary/aromatic N) is 3. The second-order valence-electron chi connectivity index (χ2n) is 7.72. The molecule has 0 aliphatic carbocycles. The van der Waals surface area contributed by atoms with Crippen LogP contribution in [0.4, 0.5) is 5.95 Å². The molecule has 8 heteroatoms. The molecule has 0 saturated heterocycles. The molecule has 1 aliphatic rings. The summed E-state index contributed by atoms with van der Waals surface area (Å²) in [5, 5.41) is 9.21. The van der Waals surface area contributed by atoms with Crippen LogP contribution >= 0.6 is 23.4 Å². The van der Waals surface area contributed by atoms with Crippen LogP contribution in [0, 0.1) is 13.8 Å². The normalized spacial score (nSPS) is 15.3. The third-order valence-electron chi connectivity index (χ3n) is 5.35. The van der Waals surface area contributed by atoms with Crippen molar-refractivity contribution in [3.05, 3.63) is 81.0 Å². The number of anilines is 1. The van der Waals surface area contributed by atoms with Crippen molar-refractivity contribution in [2.75, 3.05) is 11.9 Å². The fourth-order valence-corrected chi connectivity index (χ4v) is 4.84. The molecule has 0 radical (unpaired) electrons. The molecule has 32 heavy (non-hydrogen) atoms.